The first kappa shape index (κ1) is 19.7. The Hall–Kier alpha value is -2.10. The molecule has 27 heavy (non-hydrogen) atoms. The molecule has 2 fully saturated rings. The van der Waals surface area contributed by atoms with E-state index in [1.54, 1.807) is 0 Å². The zero-order valence-corrected chi connectivity index (χ0v) is 16.2. The molecule has 0 unspecified atom stereocenters. The van der Waals surface area contributed by atoms with Gasteiger partial charge < -0.3 is 15.0 Å². The monoisotopic (exact) mass is 370 g/mol. The van der Waals surface area contributed by atoms with Crippen LogP contribution in [0, 0.1) is 11.3 Å². The number of rotatable bonds is 5. The molecule has 1 N–H and O–H groups in total. The van der Waals surface area contributed by atoms with Crippen LogP contribution in [0.3, 0.4) is 0 Å². The number of hydrogen-bond acceptors (Lipinski definition) is 4. The highest BCUT2D eigenvalue weighted by molar-refractivity contribution is 5.74. The maximum absolute atomic E-state index is 12.6. The van der Waals surface area contributed by atoms with Gasteiger partial charge in [-0.3, -0.25) is 4.90 Å². The first-order valence-corrected chi connectivity index (χ1v) is 9.95. The Morgan fingerprint density at radius 1 is 1.22 bits per heavy atom. The molecule has 1 atom stereocenters. The van der Waals surface area contributed by atoms with E-state index >= 15 is 0 Å². The van der Waals surface area contributed by atoms with Crippen molar-refractivity contribution in [3.8, 4) is 6.07 Å². The molecule has 0 radical (unpaired) electrons. The van der Waals surface area contributed by atoms with Gasteiger partial charge in [0.2, 0.25) is 0 Å². The fourth-order valence-electron chi connectivity index (χ4n) is 3.89. The number of nitrogens with one attached hydrogen (secondary N) is 1. The fourth-order valence-corrected chi connectivity index (χ4v) is 3.89. The van der Waals surface area contributed by atoms with Crippen molar-refractivity contribution < 1.29 is 9.53 Å². The number of nitriles is 1. The van der Waals surface area contributed by atoms with Crippen LogP contribution in [0.5, 0.6) is 0 Å². The number of ether oxygens (including phenoxy) is 1. The lowest BCUT2D eigenvalue weighted by Crippen LogP contribution is -2.50. The van der Waals surface area contributed by atoms with Crippen LogP contribution in [0.25, 0.3) is 0 Å². The van der Waals surface area contributed by atoms with Crippen LogP contribution < -0.4 is 5.32 Å². The SMILES string of the molecule is C[C@H](CCN1CCOCC1)NC(=O)N1CCC(C#N)(c2ccccc2)CC1. The Morgan fingerprint density at radius 3 is 2.52 bits per heavy atom. The molecule has 0 spiro atoms. The van der Waals surface area contributed by atoms with E-state index in [1.165, 1.54) is 0 Å². The molecular formula is C21H30N4O2. The summed E-state index contributed by atoms with van der Waals surface area (Å²) in [7, 11) is 0. The summed E-state index contributed by atoms with van der Waals surface area (Å²) in [6.45, 7) is 7.83. The summed E-state index contributed by atoms with van der Waals surface area (Å²) in [5.41, 5.74) is 0.589. The largest absolute Gasteiger partial charge is 0.379 e. The lowest BCUT2D eigenvalue weighted by atomic mass is 9.74. The number of carbonyl (C=O) groups excluding carboxylic acids is 1. The molecule has 3 rings (SSSR count). The Kier molecular flexibility index (Phi) is 6.70. The van der Waals surface area contributed by atoms with Crippen molar-refractivity contribution in [3.63, 3.8) is 0 Å². The van der Waals surface area contributed by atoms with Crippen LogP contribution in [0.1, 0.15) is 31.7 Å². The molecule has 6 heteroatoms. The number of likely N-dealkylation sites (tertiary alicyclic amines) is 1. The van der Waals surface area contributed by atoms with Crippen molar-refractivity contribution in [2.24, 2.45) is 0 Å². The molecular weight excluding hydrogens is 340 g/mol. The molecule has 1 aromatic rings. The molecule has 146 valence electrons. The predicted octanol–water partition coefficient (Wildman–Crippen LogP) is 2.36. The Balaban J connectivity index is 1.46. The molecule has 0 aromatic heterocycles. The number of amides is 2. The Morgan fingerprint density at radius 2 is 1.89 bits per heavy atom. The maximum atomic E-state index is 12.6. The van der Waals surface area contributed by atoms with Gasteiger partial charge in [0.05, 0.1) is 24.7 Å². The zero-order valence-electron chi connectivity index (χ0n) is 16.2. The van der Waals surface area contributed by atoms with Crippen LogP contribution in [0.15, 0.2) is 30.3 Å². The number of morpholine rings is 1. The quantitative estimate of drug-likeness (QED) is 0.864. The van der Waals surface area contributed by atoms with E-state index in [2.05, 4.69) is 23.2 Å². The van der Waals surface area contributed by atoms with E-state index in [1.807, 2.05) is 35.2 Å². The smallest absolute Gasteiger partial charge is 0.317 e. The van der Waals surface area contributed by atoms with Crippen LogP contribution in [-0.2, 0) is 10.2 Å². The standard InChI is InChI=1S/C21H30N4O2/c1-18(7-10-24-13-15-27-16-14-24)23-20(26)25-11-8-21(17-22,9-12-25)19-5-3-2-4-6-19/h2-6,18H,7-16H2,1H3,(H,23,26)/t18-/m1/s1. The Bertz CT molecular complexity index is 644. The van der Waals surface area contributed by atoms with Crippen LogP contribution in [-0.4, -0.2) is 67.8 Å². The molecule has 1 aromatic carbocycles. The van der Waals surface area contributed by atoms with Crippen molar-refractivity contribution in [2.45, 2.75) is 37.6 Å². The Labute approximate surface area is 162 Å². The average Bonchev–Trinajstić information content (AvgIpc) is 2.73. The van der Waals surface area contributed by atoms with E-state index in [9.17, 15) is 10.1 Å². The van der Waals surface area contributed by atoms with Crippen molar-refractivity contribution in [1.82, 2.24) is 15.1 Å². The zero-order chi connectivity index (χ0) is 19.1. The summed E-state index contributed by atoms with van der Waals surface area (Å²) in [6.07, 6.45) is 2.30. The number of piperidine rings is 1. The van der Waals surface area contributed by atoms with Crippen molar-refractivity contribution in [1.29, 1.82) is 5.26 Å². The third kappa shape index (κ3) is 5.00. The van der Waals surface area contributed by atoms with Crippen molar-refractivity contribution in [2.75, 3.05) is 45.9 Å². The third-order valence-electron chi connectivity index (χ3n) is 5.80. The van der Waals surface area contributed by atoms with Gasteiger partial charge in [0, 0.05) is 38.8 Å². The lowest BCUT2D eigenvalue weighted by Gasteiger charge is -2.38. The van der Waals surface area contributed by atoms with Crippen LogP contribution >= 0.6 is 0 Å². The van der Waals surface area contributed by atoms with E-state index in [0.29, 0.717) is 25.9 Å². The third-order valence-corrected chi connectivity index (χ3v) is 5.80. The highest BCUT2D eigenvalue weighted by atomic mass is 16.5. The molecule has 0 bridgehead atoms. The van der Waals surface area contributed by atoms with Gasteiger partial charge in [-0.05, 0) is 31.7 Å². The molecule has 2 aliphatic rings. The summed E-state index contributed by atoms with van der Waals surface area (Å²) < 4.78 is 5.37. The van der Waals surface area contributed by atoms with E-state index in [0.717, 1.165) is 44.8 Å². The first-order chi connectivity index (χ1) is 13.1. The maximum Gasteiger partial charge on any atom is 0.317 e. The number of urea groups is 1. The molecule has 2 amide bonds. The van der Waals surface area contributed by atoms with E-state index in [4.69, 9.17) is 4.74 Å². The lowest BCUT2D eigenvalue weighted by molar-refractivity contribution is 0.0364. The average molecular weight is 370 g/mol. The fraction of sp³-hybridized carbons (Fsp3) is 0.619. The minimum Gasteiger partial charge on any atom is -0.379 e. The number of hydrogen-bond donors (Lipinski definition) is 1. The second-order valence-electron chi connectivity index (χ2n) is 7.64. The molecule has 0 saturated carbocycles. The summed E-state index contributed by atoms with van der Waals surface area (Å²) in [4.78, 5) is 16.8. The summed E-state index contributed by atoms with van der Waals surface area (Å²) in [6, 6.07) is 12.6. The molecule has 2 heterocycles. The second-order valence-corrected chi connectivity index (χ2v) is 7.64. The second kappa shape index (κ2) is 9.20. The predicted molar refractivity (Wildman–Crippen MR) is 104 cm³/mol. The highest BCUT2D eigenvalue weighted by Crippen LogP contribution is 2.34. The number of carbonyl (C=O) groups is 1. The highest BCUT2D eigenvalue weighted by Gasteiger charge is 2.37. The number of nitrogens with zero attached hydrogens (tertiary/aromatic N) is 3. The number of benzene rings is 1. The van der Waals surface area contributed by atoms with Gasteiger partial charge >= 0.3 is 6.03 Å². The van der Waals surface area contributed by atoms with Gasteiger partial charge in [-0.1, -0.05) is 30.3 Å². The van der Waals surface area contributed by atoms with Gasteiger partial charge in [0.1, 0.15) is 0 Å². The van der Waals surface area contributed by atoms with Crippen LogP contribution in [0.2, 0.25) is 0 Å². The van der Waals surface area contributed by atoms with E-state index < -0.39 is 5.41 Å². The van der Waals surface area contributed by atoms with Gasteiger partial charge in [0.15, 0.2) is 0 Å². The summed E-state index contributed by atoms with van der Waals surface area (Å²) in [5.74, 6) is 0. The molecule has 6 nitrogen and oxygen atoms in total. The van der Waals surface area contributed by atoms with Crippen molar-refractivity contribution >= 4 is 6.03 Å². The van der Waals surface area contributed by atoms with Crippen molar-refractivity contribution in [3.05, 3.63) is 35.9 Å². The molecule has 0 aliphatic carbocycles. The molecule has 2 aliphatic heterocycles. The topological polar surface area (TPSA) is 68.6 Å². The van der Waals surface area contributed by atoms with Gasteiger partial charge in [-0.15, -0.1) is 0 Å². The van der Waals surface area contributed by atoms with Gasteiger partial charge in [-0.2, -0.15) is 5.26 Å². The summed E-state index contributed by atoms with van der Waals surface area (Å²) >= 11 is 0. The van der Waals surface area contributed by atoms with Gasteiger partial charge in [0.25, 0.3) is 0 Å². The van der Waals surface area contributed by atoms with Gasteiger partial charge in [-0.25, -0.2) is 4.79 Å². The van der Waals surface area contributed by atoms with E-state index in [-0.39, 0.29) is 12.1 Å². The normalized spacial score (nSPS) is 21.3. The molecule has 2 saturated heterocycles. The minimum absolute atomic E-state index is 0.0101. The first-order valence-electron chi connectivity index (χ1n) is 9.95. The summed E-state index contributed by atoms with van der Waals surface area (Å²) in [5, 5.41) is 12.9. The minimum atomic E-state index is -0.472. The van der Waals surface area contributed by atoms with Crippen LogP contribution in [0.4, 0.5) is 4.79 Å².